The van der Waals surface area contributed by atoms with Crippen LogP contribution in [0.5, 0.6) is 0 Å². The van der Waals surface area contributed by atoms with Gasteiger partial charge in [0.1, 0.15) is 0 Å². The summed E-state index contributed by atoms with van der Waals surface area (Å²) < 4.78 is 1.61. The molecule has 1 amide bonds. The monoisotopic (exact) mass is 268 g/mol. The molecular formula is C13H24N4O2. The fraction of sp³-hybridized carbons (Fsp3) is 0.692. The van der Waals surface area contributed by atoms with Crippen molar-refractivity contribution in [2.24, 2.45) is 0 Å². The number of imidazole rings is 1. The summed E-state index contributed by atoms with van der Waals surface area (Å²) in [5, 5.41) is 2.86. The van der Waals surface area contributed by atoms with Crippen molar-refractivity contribution in [1.82, 2.24) is 19.8 Å². The maximum Gasteiger partial charge on any atom is 0.325 e. The lowest BCUT2D eigenvalue weighted by Crippen LogP contribution is -2.29. The van der Waals surface area contributed by atoms with Crippen LogP contribution in [0.25, 0.3) is 0 Å². The molecular weight excluding hydrogens is 244 g/mol. The molecule has 0 aliphatic carbocycles. The highest BCUT2D eigenvalue weighted by Gasteiger charge is 2.08. The van der Waals surface area contributed by atoms with Crippen LogP contribution in [0.1, 0.15) is 24.2 Å². The predicted molar refractivity (Wildman–Crippen MR) is 75.3 cm³/mol. The van der Waals surface area contributed by atoms with Crippen LogP contribution in [0.2, 0.25) is 0 Å². The molecule has 0 fully saturated rings. The van der Waals surface area contributed by atoms with Gasteiger partial charge in [0.15, 0.2) is 0 Å². The third kappa shape index (κ3) is 4.90. The first-order chi connectivity index (χ1) is 8.91. The molecule has 0 spiro atoms. The van der Waals surface area contributed by atoms with Crippen LogP contribution < -0.4 is 11.0 Å². The summed E-state index contributed by atoms with van der Waals surface area (Å²) in [6.07, 6.45) is 1.26. The van der Waals surface area contributed by atoms with Crippen molar-refractivity contribution < 1.29 is 4.79 Å². The van der Waals surface area contributed by atoms with Crippen LogP contribution in [0.4, 0.5) is 0 Å². The van der Waals surface area contributed by atoms with E-state index in [0.29, 0.717) is 19.5 Å². The Morgan fingerprint density at radius 2 is 2.05 bits per heavy atom. The number of aromatic nitrogens is 2. The number of nitrogens with zero attached hydrogens (tertiary/aromatic N) is 2. The number of H-pyrrole nitrogens is 1. The Kier molecular flexibility index (Phi) is 5.82. The summed E-state index contributed by atoms with van der Waals surface area (Å²) >= 11 is 0. The Balaban J connectivity index is 2.32. The Bertz CT molecular complexity index is 473. The van der Waals surface area contributed by atoms with Gasteiger partial charge in [-0.05, 0) is 40.9 Å². The van der Waals surface area contributed by atoms with Gasteiger partial charge >= 0.3 is 5.69 Å². The smallest absolute Gasteiger partial charge is 0.325 e. The number of nitrogens with one attached hydrogen (secondary N) is 2. The zero-order valence-electron chi connectivity index (χ0n) is 12.2. The van der Waals surface area contributed by atoms with Gasteiger partial charge in [0.2, 0.25) is 5.91 Å². The van der Waals surface area contributed by atoms with Crippen molar-refractivity contribution in [3.63, 3.8) is 0 Å². The minimum absolute atomic E-state index is 0.0103. The molecule has 0 saturated heterocycles. The molecule has 6 nitrogen and oxygen atoms in total. The number of carbonyl (C=O) groups is 1. The minimum Gasteiger partial charge on any atom is -0.356 e. The van der Waals surface area contributed by atoms with E-state index in [-0.39, 0.29) is 11.6 Å². The number of aryl methyl sites for hydroxylation is 1. The van der Waals surface area contributed by atoms with E-state index in [0.717, 1.165) is 24.4 Å². The lowest BCUT2D eigenvalue weighted by atomic mass is 10.3. The fourth-order valence-electron chi connectivity index (χ4n) is 1.87. The molecule has 1 heterocycles. The van der Waals surface area contributed by atoms with Crippen LogP contribution in [0, 0.1) is 13.8 Å². The number of rotatable bonds is 7. The zero-order valence-corrected chi connectivity index (χ0v) is 12.2. The number of hydrogen-bond acceptors (Lipinski definition) is 3. The van der Waals surface area contributed by atoms with Crippen molar-refractivity contribution in [3.05, 3.63) is 21.9 Å². The Labute approximate surface area is 113 Å². The molecule has 0 aromatic carbocycles. The van der Waals surface area contributed by atoms with Crippen molar-refractivity contribution in [1.29, 1.82) is 0 Å². The summed E-state index contributed by atoms with van der Waals surface area (Å²) in [5.41, 5.74) is 1.61. The van der Waals surface area contributed by atoms with Gasteiger partial charge in [0.05, 0.1) is 0 Å². The van der Waals surface area contributed by atoms with Gasteiger partial charge in [0.25, 0.3) is 0 Å². The lowest BCUT2D eigenvalue weighted by Gasteiger charge is -2.10. The molecule has 0 radical (unpaired) electrons. The number of amides is 1. The van der Waals surface area contributed by atoms with Gasteiger partial charge < -0.3 is 15.2 Å². The maximum atomic E-state index is 11.6. The second-order valence-corrected chi connectivity index (χ2v) is 5.05. The molecule has 0 aliphatic rings. The maximum absolute atomic E-state index is 11.6. The molecule has 0 aliphatic heterocycles. The van der Waals surface area contributed by atoms with Gasteiger partial charge in [0, 0.05) is 30.9 Å². The van der Waals surface area contributed by atoms with E-state index < -0.39 is 0 Å². The van der Waals surface area contributed by atoms with Crippen LogP contribution in [-0.4, -0.2) is 47.5 Å². The van der Waals surface area contributed by atoms with E-state index in [9.17, 15) is 9.59 Å². The first-order valence-electron chi connectivity index (χ1n) is 6.59. The van der Waals surface area contributed by atoms with Crippen molar-refractivity contribution in [3.8, 4) is 0 Å². The predicted octanol–water partition coefficient (Wildman–Crippen LogP) is 0.251. The number of carbonyl (C=O) groups excluding carboxylic acids is 1. The molecule has 19 heavy (non-hydrogen) atoms. The largest absolute Gasteiger partial charge is 0.356 e. The SMILES string of the molecule is Cc1[nH]c(=O)n(CCC(=O)NCCCN(C)C)c1C. The van der Waals surface area contributed by atoms with E-state index in [2.05, 4.69) is 15.2 Å². The standard InChI is InChI=1S/C13H24N4O2/c1-10-11(2)17(13(19)15-10)9-6-12(18)14-7-5-8-16(3)4/h5-9H2,1-4H3,(H,14,18)(H,15,19). The van der Waals surface area contributed by atoms with Crippen molar-refractivity contribution >= 4 is 5.91 Å². The van der Waals surface area contributed by atoms with Crippen LogP contribution in [0.15, 0.2) is 4.79 Å². The Morgan fingerprint density at radius 1 is 1.37 bits per heavy atom. The quantitative estimate of drug-likeness (QED) is 0.697. The molecule has 108 valence electrons. The Morgan fingerprint density at radius 3 is 2.58 bits per heavy atom. The van der Waals surface area contributed by atoms with Gasteiger partial charge in [-0.2, -0.15) is 0 Å². The highest BCUT2D eigenvalue weighted by atomic mass is 16.2. The van der Waals surface area contributed by atoms with Gasteiger partial charge in [-0.25, -0.2) is 4.79 Å². The second-order valence-electron chi connectivity index (χ2n) is 5.05. The molecule has 2 N–H and O–H groups in total. The topological polar surface area (TPSA) is 70.1 Å². The average molecular weight is 268 g/mol. The first kappa shape index (κ1) is 15.5. The summed E-state index contributed by atoms with van der Waals surface area (Å²) in [7, 11) is 4.01. The van der Waals surface area contributed by atoms with Crippen molar-refractivity contribution in [2.45, 2.75) is 33.2 Å². The minimum atomic E-state index is -0.143. The molecule has 0 unspecified atom stereocenters. The molecule has 0 bridgehead atoms. The highest BCUT2D eigenvalue weighted by Crippen LogP contribution is 2.01. The Hall–Kier alpha value is -1.56. The average Bonchev–Trinajstić information content (AvgIpc) is 2.57. The number of aromatic amines is 1. The van der Waals surface area contributed by atoms with E-state index in [1.165, 1.54) is 0 Å². The van der Waals surface area contributed by atoms with Crippen molar-refractivity contribution in [2.75, 3.05) is 27.2 Å². The van der Waals surface area contributed by atoms with Crippen LogP contribution in [-0.2, 0) is 11.3 Å². The van der Waals surface area contributed by atoms with E-state index in [4.69, 9.17) is 0 Å². The molecule has 1 aromatic heterocycles. The first-order valence-corrected chi connectivity index (χ1v) is 6.59. The van der Waals surface area contributed by atoms with E-state index in [1.807, 2.05) is 27.9 Å². The molecule has 6 heteroatoms. The van der Waals surface area contributed by atoms with Crippen LogP contribution in [0.3, 0.4) is 0 Å². The third-order valence-electron chi connectivity index (χ3n) is 3.15. The summed E-state index contributed by atoms with van der Waals surface area (Å²) in [5.74, 6) is -0.0103. The van der Waals surface area contributed by atoms with Gasteiger partial charge in [-0.3, -0.25) is 9.36 Å². The fourth-order valence-corrected chi connectivity index (χ4v) is 1.87. The van der Waals surface area contributed by atoms with E-state index >= 15 is 0 Å². The highest BCUT2D eigenvalue weighted by molar-refractivity contribution is 5.75. The van der Waals surface area contributed by atoms with E-state index in [1.54, 1.807) is 4.57 Å². The third-order valence-corrected chi connectivity index (χ3v) is 3.15. The van der Waals surface area contributed by atoms with Gasteiger partial charge in [-0.1, -0.05) is 0 Å². The normalized spacial score (nSPS) is 11.0. The molecule has 0 atom stereocenters. The second kappa shape index (κ2) is 7.13. The number of hydrogen-bond donors (Lipinski definition) is 2. The zero-order chi connectivity index (χ0) is 14.4. The van der Waals surface area contributed by atoms with Gasteiger partial charge in [-0.15, -0.1) is 0 Å². The summed E-state index contributed by atoms with van der Waals surface area (Å²) in [6.45, 7) is 5.79. The van der Waals surface area contributed by atoms with Crippen LogP contribution >= 0.6 is 0 Å². The summed E-state index contributed by atoms with van der Waals surface area (Å²) in [6, 6.07) is 0. The molecule has 1 aromatic rings. The molecule has 0 saturated carbocycles. The lowest BCUT2D eigenvalue weighted by molar-refractivity contribution is -0.121. The molecule has 1 rings (SSSR count). The summed E-state index contributed by atoms with van der Waals surface area (Å²) in [4.78, 5) is 28.0.